The molecule has 1 aromatic rings. The average Bonchev–Trinajstić information content (AvgIpc) is 2.92. The first-order valence-corrected chi connectivity index (χ1v) is 6.78. The molecule has 1 aliphatic rings. The summed E-state index contributed by atoms with van der Waals surface area (Å²) in [6.07, 6.45) is 4.03. The molecule has 0 aliphatic carbocycles. The third kappa shape index (κ3) is 3.72. The van der Waals surface area contributed by atoms with Crippen LogP contribution in [0.2, 0.25) is 0 Å². The van der Waals surface area contributed by atoms with Crippen molar-refractivity contribution in [2.24, 2.45) is 0 Å². The highest BCUT2D eigenvalue weighted by atomic mass is 16.5. The third-order valence-electron chi connectivity index (χ3n) is 3.56. The van der Waals surface area contributed by atoms with Gasteiger partial charge in [0, 0.05) is 12.6 Å². The molecule has 0 spiro atoms. The van der Waals surface area contributed by atoms with Gasteiger partial charge in [-0.1, -0.05) is 12.1 Å². The average molecular weight is 249 g/mol. The second-order valence-corrected chi connectivity index (χ2v) is 4.87. The van der Waals surface area contributed by atoms with Crippen LogP contribution in [0.5, 0.6) is 5.75 Å². The number of hydrogen-bond donors (Lipinski definition) is 1. The highest BCUT2D eigenvalue weighted by Crippen LogP contribution is 2.18. The summed E-state index contributed by atoms with van der Waals surface area (Å²) in [6, 6.07) is 8.61. The van der Waals surface area contributed by atoms with Crippen LogP contribution in [0.15, 0.2) is 24.3 Å². The molecule has 0 radical (unpaired) electrons. The van der Waals surface area contributed by atoms with Gasteiger partial charge >= 0.3 is 0 Å². The highest BCUT2D eigenvalue weighted by molar-refractivity contribution is 5.28. The third-order valence-corrected chi connectivity index (χ3v) is 3.56. The molecular weight excluding hydrogens is 226 g/mol. The minimum absolute atomic E-state index is 0.373. The molecule has 0 amide bonds. The van der Waals surface area contributed by atoms with E-state index in [1.54, 1.807) is 7.11 Å². The van der Waals surface area contributed by atoms with E-state index in [4.69, 9.17) is 9.47 Å². The molecule has 1 unspecified atom stereocenters. The Morgan fingerprint density at radius 2 is 2.17 bits per heavy atom. The van der Waals surface area contributed by atoms with Crippen molar-refractivity contribution < 1.29 is 9.47 Å². The van der Waals surface area contributed by atoms with Gasteiger partial charge in [0.05, 0.1) is 13.2 Å². The first-order valence-electron chi connectivity index (χ1n) is 6.78. The Hall–Kier alpha value is -1.06. The molecule has 1 fully saturated rings. The van der Waals surface area contributed by atoms with Crippen molar-refractivity contribution in [3.63, 3.8) is 0 Å². The smallest absolute Gasteiger partial charge is 0.118 e. The van der Waals surface area contributed by atoms with Crippen LogP contribution in [0.3, 0.4) is 0 Å². The topological polar surface area (TPSA) is 30.5 Å². The van der Waals surface area contributed by atoms with Crippen molar-refractivity contribution in [1.82, 2.24) is 5.32 Å². The normalized spacial score (nSPS) is 20.9. The summed E-state index contributed by atoms with van der Waals surface area (Å²) in [4.78, 5) is 0. The lowest BCUT2D eigenvalue weighted by atomic mass is 10.1. The van der Waals surface area contributed by atoms with E-state index in [0.29, 0.717) is 12.1 Å². The Bertz CT molecular complexity index is 344. The van der Waals surface area contributed by atoms with Gasteiger partial charge in [0.15, 0.2) is 0 Å². The monoisotopic (exact) mass is 249 g/mol. The van der Waals surface area contributed by atoms with Crippen LogP contribution < -0.4 is 10.1 Å². The van der Waals surface area contributed by atoms with E-state index in [2.05, 4.69) is 24.4 Å². The fraction of sp³-hybridized carbons (Fsp3) is 0.600. The molecule has 1 heterocycles. The fourth-order valence-corrected chi connectivity index (χ4v) is 2.34. The van der Waals surface area contributed by atoms with Gasteiger partial charge in [-0.25, -0.2) is 0 Å². The molecule has 0 saturated carbocycles. The standard InChI is InChI=1S/C15H23NO2/c1-12(13-5-7-14(17-2)8-6-13)16-10-9-15-4-3-11-18-15/h5-8,12,15-16H,3-4,9-11H2,1-2H3/t12-,15?/m1/s1. The maximum atomic E-state index is 5.61. The second-order valence-electron chi connectivity index (χ2n) is 4.87. The van der Waals surface area contributed by atoms with Crippen molar-refractivity contribution in [2.75, 3.05) is 20.3 Å². The number of nitrogens with one attached hydrogen (secondary N) is 1. The van der Waals surface area contributed by atoms with Crippen LogP contribution in [0.1, 0.15) is 37.8 Å². The molecule has 1 saturated heterocycles. The number of benzene rings is 1. The van der Waals surface area contributed by atoms with Gasteiger partial charge in [0.2, 0.25) is 0 Å². The van der Waals surface area contributed by atoms with Crippen LogP contribution in [0, 0.1) is 0 Å². The van der Waals surface area contributed by atoms with Gasteiger partial charge in [-0.15, -0.1) is 0 Å². The summed E-state index contributed by atoms with van der Waals surface area (Å²) in [5, 5.41) is 3.54. The summed E-state index contributed by atoms with van der Waals surface area (Å²) in [7, 11) is 1.69. The summed E-state index contributed by atoms with van der Waals surface area (Å²) in [5.41, 5.74) is 1.29. The molecule has 0 bridgehead atoms. The van der Waals surface area contributed by atoms with Crippen LogP contribution in [-0.2, 0) is 4.74 Å². The summed E-state index contributed by atoms with van der Waals surface area (Å²) in [6.45, 7) is 4.15. The largest absolute Gasteiger partial charge is 0.497 e. The van der Waals surface area contributed by atoms with E-state index in [1.807, 2.05) is 12.1 Å². The minimum Gasteiger partial charge on any atom is -0.497 e. The molecule has 1 N–H and O–H groups in total. The van der Waals surface area contributed by atoms with Crippen LogP contribution in [0.25, 0.3) is 0 Å². The van der Waals surface area contributed by atoms with Gasteiger partial charge in [0.1, 0.15) is 5.75 Å². The molecule has 1 aromatic carbocycles. The van der Waals surface area contributed by atoms with Gasteiger partial charge < -0.3 is 14.8 Å². The zero-order valence-corrected chi connectivity index (χ0v) is 11.3. The lowest BCUT2D eigenvalue weighted by Gasteiger charge is -2.16. The molecule has 3 heteroatoms. The van der Waals surface area contributed by atoms with Gasteiger partial charge in [-0.3, -0.25) is 0 Å². The SMILES string of the molecule is COc1ccc([C@@H](C)NCCC2CCCO2)cc1. The molecular formula is C15H23NO2. The highest BCUT2D eigenvalue weighted by Gasteiger charge is 2.15. The molecule has 1 aliphatic heterocycles. The van der Waals surface area contributed by atoms with Gasteiger partial charge in [-0.05, 0) is 50.4 Å². The van der Waals surface area contributed by atoms with E-state index in [-0.39, 0.29) is 0 Å². The van der Waals surface area contributed by atoms with Crippen molar-refractivity contribution in [2.45, 2.75) is 38.3 Å². The number of rotatable bonds is 6. The first-order chi connectivity index (χ1) is 8.79. The zero-order valence-electron chi connectivity index (χ0n) is 11.3. The Kier molecular flexibility index (Phi) is 5.02. The number of hydrogen-bond acceptors (Lipinski definition) is 3. The predicted molar refractivity (Wildman–Crippen MR) is 73.0 cm³/mol. The van der Waals surface area contributed by atoms with Crippen LogP contribution in [0.4, 0.5) is 0 Å². The van der Waals surface area contributed by atoms with E-state index in [9.17, 15) is 0 Å². The Morgan fingerprint density at radius 3 is 2.78 bits per heavy atom. The maximum absolute atomic E-state index is 5.61. The maximum Gasteiger partial charge on any atom is 0.118 e. The van der Waals surface area contributed by atoms with Crippen molar-refractivity contribution in [3.8, 4) is 5.75 Å². The van der Waals surface area contributed by atoms with Crippen molar-refractivity contribution >= 4 is 0 Å². The van der Waals surface area contributed by atoms with Crippen molar-refractivity contribution in [1.29, 1.82) is 0 Å². The Balaban J connectivity index is 1.74. The summed E-state index contributed by atoms with van der Waals surface area (Å²) >= 11 is 0. The second kappa shape index (κ2) is 6.76. The molecule has 18 heavy (non-hydrogen) atoms. The fourth-order valence-electron chi connectivity index (χ4n) is 2.34. The lowest BCUT2D eigenvalue weighted by molar-refractivity contribution is 0.103. The van der Waals surface area contributed by atoms with E-state index < -0.39 is 0 Å². The lowest BCUT2D eigenvalue weighted by Crippen LogP contribution is -2.23. The molecule has 0 aromatic heterocycles. The summed E-state index contributed by atoms with van der Waals surface area (Å²) < 4.78 is 10.8. The van der Waals surface area contributed by atoms with Gasteiger partial charge in [-0.2, -0.15) is 0 Å². The Morgan fingerprint density at radius 1 is 1.39 bits per heavy atom. The molecule has 2 atom stereocenters. The number of ether oxygens (including phenoxy) is 2. The first kappa shape index (κ1) is 13.4. The number of methoxy groups -OCH3 is 1. The quantitative estimate of drug-likeness (QED) is 0.841. The summed E-state index contributed by atoms with van der Waals surface area (Å²) in [5.74, 6) is 0.908. The zero-order chi connectivity index (χ0) is 12.8. The van der Waals surface area contributed by atoms with Crippen molar-refractivity contribution in [3.05, 3.63) is 29.8 Å². The molecule has 2 rings (SSSR count). The predicted octanol–water partition coefficient (Wildman–Crippen LogP) is 2.91. The Labute approximate surface area is 109 Å². The van der Waals surface area contributed by atoms with E-state index in [0.717, 1.165) is 25.3 Å². The van der Waals surface area contributed by atoms with Gasteiger partial charge in [0.25, 0.3) is 0 Å². The molecule has 3 nitrogen and oxygen atoms in total. The minimum atomic E-state index is 0.373. The molecule has 100 valence electrons. The van der Waals surface area contributed by atoms with E-state index in [1.165, 1.54) is 18.4 Å². The van der Waals surface area contributed by atoms with Crippen LogP contribution in [-0.4, -0.2) is 26.4 Å². The van der Waals surface area contributed by atoms with E-state index >= 15 is 0 Å². The van der Waals surface area contributed by atoms with Crippen LogP contribution >= 0.6 is 0 Å².